The second kappa shape index (κ2) is 7.98. The van der Waals surface area contributed by atoms with Crippen molar-refractivity contribution in [3.8, 4) is 22.4 Å². The number of hydrogen-bond acceptors (Lipinski definition) is 3. The highest BCUT2D eigenvalue weighted by atomic mass is 35.5. The zero-order valence-electron chi connectivity index (χ0n) is 17.1. The first-order valence-corrected chi connectivity index (χ1v) is 11.0. The summed E-state index contributed by atoms with van der Waals surface area (Å²) >= 11 is 6.30. The third-order valence-corrected chi connectivity index (χ3v) is 6.52. The lowest BCUT2D eigenvalue weighted by Gasteiger charge is -2.32. The number of aliphatic hydroxyl groups is 1. The zero-order valence-corrected chi connectivity index (χ0v) is 17.8. The highest BCUT2D eigenvalue weighted by Gasteiger charge is 2.30. The average molecular weight is 435 g/mol. The number of pyridine rings is 1. The summed E-state index contributed by atoms with van der Waals surface area (Å²) in [7, 11) is 0. The van der Waals surface area contributed by atoms with Crippen LogP contribution in [0.5, 0.6) is 0 Å². The molecule has 0 saturated carbocycles. The zero-order chi connectivity index (χ0) is 21.5. The van der Waals surface area contributed by atoms with Crippen LogP contribution in [0.15, 0.2) is 59.4 Å². The molecule has 5 nitrogen and oxygen atoms in total. The molecule has 0 unspecified atom stereocenters. The molecule has 1 saturated heterocycles. The molecule has 0 spiro atoms. The van der Waals surface area contributed by atoms with Gasteiger partial charge in [0, 0.05) is 35.8 Å². The van der Waals surface area contributed by atoms with Gasteiger partial charge >= 0.3 is 0 Å². The number of benzene rings is 2. The number of carbonyl (C=O) groups is 1. The Morgan fingerprint density at radius 2 is 1.71 bits per heavy atom. The second-order valence-corrected chi connectivity index (χ2v) is 8.65. The first-order chi connectivity index (χ1) is 15.0. The Balaban J connectivity index is 1.73. The van der Waals surface area contributed by atoms with Gasteiger partial charge in [0.1, 0.15) is 0 Å². The van der Waals surface area contributed by atoms with Crippen LogP contribution in [-0.2, 0) is 13.0 Å². The molecule has 2 aliphatic rings. The van der Waals surface area contributed by atoms with Crippen molar-refractivity contribution in [2.24, 2.45) is 0 Å². The minimum Gasteiger partial charge on any atom is -0.393 e. The molecule has 6 heteroatoms. The van der Waals surface area contributed by atoms with E-state index in [1.807, 2.05) is 48.5 Å². The summed E-state index contributed by atoms with van der Waals surface area (Å²) < 4.78 is 1.73. The van der Waals surface area contributed by atoms with Crippen LogP contribution in [0.1, 0.15) is 28.8 Å². The Bertz CT molecular complexity index is 1210. The number of nitrogens with zero attached hydrogens (tertiary/aromatic N) is 2. The van der Waals surface area contributed by atoms with E-state index in [2.05, 4.69) is 0 Å². The van der Waals surface area contributed by atoms with Gasteiger partial charge in [-0.15, -0.1) is 0 Å². The Morgan fingerprint density at radius 1 is 0.968 bits per heavy atom. The maximum Gasteiger partial charge on any atom is 0.258 e. The first-order valence-electron chi connectivity index (χ1n) is 10.6. The van der Waals surface area contributed by atoms with Crippen LogP contribution in [0.4, 0.5) is 0 Å². The molecule has 1 N–H and O–H groups in total. The summed E-state index contributed by atoms with van der Waals surface area (Å²) in [6.45, 7) is 1.52. The van der Waals surface area contributed by atoms with Gasteiger partial charge in [-0.3, -0.25) is 9.59 Å². The Morgan fingerprint density at radius 3 is 2.45 bits per heavy atom. The van der Waals surface area contributed by atoms with Gasteiger partial charge in [0.2, 0.25) is 0 Å². The molecule has 0 aliphatic carbocycles. The lowest BCUT2D eigenvalue weighted by molar-refractivity contribution is 0.0546. The van der Waals surface area contributed by atoms with Crippen molar-refractivity contribution in [2.75, 3.05) is 13.1 Å². The van der Waals surface area contributed by atoms with Crippen molar-refractivity contribution in [3.05, 3.63) is 81.1 Å². The molecule has 1 amide bonds. The van der Waals surface area contributed by atoms with Crippen LogP contribution in [-0.4, -0.2) is 39.7 Å². The van der Waals surface area contributed by atoms with Crippen molar-refractivity contribution in [1.82, 2.24) is 9.47 Å². The smallest absolute Gasteiger partial charge is 0.258 e. The number of aliphatic hydroxyl groups excluding tert-OH is 1. The van der Waals surface area contributed by atoms with Gasteiger partial charge in [-0.2, -0.15) is 0 Å². The molecule has 31 heavy (non-hydrogen) atoms. The van der Waals surface area contributed by atoms with E-state index in [9.17, 15) is 14.7 Å². The summed E-state index contributed by atoms with van der Waals surface area (Å²) in [5.41, 5.74) is 4.30. The van der Waals surface area contributed by atoms with Gasteiger partial charge in [-0.05, 0) is 48.6 Å². The largest absolute Gasteiger partial charge is 0.393 e. The molecule has 2 aliphatic heterocycles. The maximum atomic E-state index is 13.7. The minimum absolute atomic E-state index is 0.0996. The molecule has 3 aromatic rings. The fourth-order valence-electron chi connectivity index (χ4n) is 4.62. The number of hydrogen-bond donors (Lipinski definition) is 1. The molecule has 0 atom stereocenters. The van der Waals surface area contributed by atoms with E-state index < -0.39 is 0 Å². The van der Waals surface area contributed by atoms with Crippen molar-refractivity contribution >= 4 is 17.5 Å². The maximum absolute atomic E-state index is 13.7. The van der Waals surface area contributed by atoms with Crippen molar-refractivity contribution < 1.29 is 9.90 Å². The summed E-state index contributed by atoms with van der Waals surface area (Å²) in [6, 6.07) is 16.9. The monoisotopic (exact) mass is 434 g/mol. The van der Waals surface area contributed by atoms with Crippen LogP contribution in [0.25, 0.3) is 22.4 Å². The highest BCUT2D eigenvalue weighted by Crippen LogP contribution is 2.35. The van der Waals surface area contributed by atoms with Gasteiger partial charge in [0.15, 0.2) is 0 Å². The van der Waals surface area contributed by atoms with Gasteiger partial charge in [0.05, 0.1) is 17.4 Å². The standard InChI is InChI=1S/C25H23ClN2O3/c26-18-7-6-17-8-13-28-23(20(17)14-18)22(24(30)27-11-9-19(29)10-12-27)15-21(25(28)31)16-4-2-1-3-5-16/h1-7,14-15,19,29H,8-13H2. The first kappa shape index (κ1) is 20.0. The summed E-state index contributed by atoms with van der Waals surface area (Å²) in [6.07, 6.45) is 1.47. The molecule has 1 fully saturated rings. The van der Waals surface area contributed by atoms with E-state index in [1.54, 1.807) is 15.5 Å². The molecular formula is C25H23ClN2O3. The lowest BCUT2D eigenvalue weighted by atomic mass is 9.91. The average Bonchev–Trinajstić information content (AvgIpc) is 2.80. The van der Waals surface area contributed by atoms with E-state index in [4.69, 9.17) is 11.6 Å². The molecule has 1 aromatic heterocycles. The predicted octanol–water partition coefficient (Wildman–Crippen LogP) is 3.99. The SMILES string of the molecule is O=C(c1cc(-c2ccccc2)c(=O)n2c1-c1cc(Cl)ccc1CC2)N1CCC(O)CC1. The van der Waals surface area contributed by atoms with E-state index in [-0.39, 0.29) is 17.6 Å². The fraction of sp³-hybridized carbons (Fsp3) is 0.280. The van der Waals surface area contributed by atoms with Gasteiger partial charge in [-0.25, -0.2) is 0 Å². The minimum atomic E-state index is -0.365. The summed E-state index contributed by atoms with van der Waals surface area (Å²) in [5.74, 6) is -0.111. The van der Waals surface area contributed by atoms with Crippen molar-refractivity contribution in [3.63, 3.8) is 0 Å². The van der Waals surface area contributed by atoms with Crippen LogP contribution in [0, 0.1) is 0 Å². The molecule has 0 radical (unpaired) electrons. The van der Waals surface area contributed by atoms with Gasteiger partial charge in [0.25, 0.3) is 11.5 Å². The Labute approximate surface area is 185 Å². The van der Waals surface area contributed by atoms with Crippen molar-refractivity contribution in [1.29, 1.82) is 0 Å². The van der Waals surface area contributed by atoms with E-state index in [0.717, 1.165) is 16.7 Å². The number of piperidine rings is 1. The third-order valence-electron chi connectivity index (χ3n) is 6.29. The topological polar surface area (TPSA) is 62.5 Å². The predicted molar refractivity (Wildman–Crippen MR) is 121 cm³/mol. The number of carbonyl (C=O) groups excluding carboxylic acids is 1. The summed E-state index contributed by atoms with van der Waals surface area (Å²) in [4.78, 5) is 28.9. The fourth-order valence-corrected chi connectivity index (χ4v) is 4.79. The van der Waals surface area contributed by atoms with E-state index in [1.165, 1.54) is 0 Å². The van der Waals surface area contributed by atoms with E-state index >= 15 is 0 Å². The number of amides is 1. The lowest BCUT2D eigenvalue weighted by Crippen LogP contribution is -2.41. The molecule has 2 aromatic carbocycles. The number of aryl methyl sites for hydroxylation is 1. The molecular weight excluding hydrogens is 412 g/mol. The molecule has 158 valence electrons. The molecule has 3 heterocycles. The Kier molecular flexibility index (Phi) is 5.16. The van der Waals surface area contributed by atoms with Gasteiger partial charge < -0.3 is 14.6 Å². The third kappa shape index (κ3) is 3.58. The van der Waals surface area contributed by atoms with Crippen LogP contribution >= 0.6 is 11.6 Å². The number of halogens is 1. The normalized spacial score (nSPS) is 16.0. The van der Waals surface area contributed by atoms with Gasteiger partial charge in [-0.1, -0.05) is 48.0 Å². The molecule has 5 rings (SSSR count). The van der Waals surface area contributed by atoms with Crippen LogP contribution in [0.3, 0.4) is 0 Å². The quantitative estimate of drug-likeness (QED) is 0.663. The number of rotatable bonds is 2. The molecule has 0 bridgehead atoms. The highest BCUT2D eigenvalue weighted by molar-refractivity contribution is 6.31. The Hall–Kier alpha value is -2.89. The number of aromatic nitrogens is 1. The van der Waals surface area contributed by atoms with Crippen LogP contribution < -0.4 is 5.56 Å². The number of likely N-dealkylation sites (tertiary alicyclic amines) is 1. The van der Waals surface area contributed by atoms with E-state index in [0.29, 0.717) is 60.7 Å². The second-order valence-electron chi connectivity index (χ2n) is 8.22. The summed E-state index contributed by atoms with van der Waals surface area (Å²) in [5, 5.41) is 10.4. The number of fused-ring (bicyclic) bond motifs is 3. The van der Waals surface area contributed by atoms with Crippen molar-refractivity contribution in [2.45, 2.75) is 31.9 Å². The van der Waals surface area contributed by atoms with Crippen LogP contribution in [0.2, 0.25) is 5.02 Å².